The second-order valence-corrected chi connectivity index (χ2v) is 6.98. The number of rotatable bonds is 6. The average Bonchev–Trinajstić information content (AvgIpc) is 3.02. The number of amides is 1. The number of carbonyl (C=O) groups excluding carboxylic acids is 1. The lowest BCUT2D eigenvalue weighted by Crippen LogP contribution is -2.35. The highest BCUT2D eigenvalue weighted by Gasteiger charge is 2.22. The molecule has 0 saturated heterocycles. The number of alkyl halides is 2. The van der Waals surface area contributed by atoms with Gasteiger partial charge in [0.05, 0.1) is 0 Å². The maximum Gasteiger partial charge on any atom is 0.256 e. The number of hydrogen-bond donors (Lipinski definition) is 0. The van der Waals surface area contributed by atoms with Gasteiger partial charge in [0.15, 0.2) is 4.84 Å². The predicted molar refractivity (Wildman–Crippen MR) is 100 cm³/mol. The first kappa shape index (κ1) is 17.1. The number of fused-ring (bicyclic) bond motifs is 1. The van der Waals surface area contributed by atoms with Gasteiger partial charge in [-0.3, -0.25) is 4.79 Å². The Labute approximate surface area is 152 Å². The van der Waals surface area contributed by atoms with Crippen LogP contribution >= 0.6 is 23.2 Å². The van der Waals surface area contributed by atoms with Crippen molar-refractivity contribution in [3.8, 4) is 0 Å². The van der Waals surface area contributed by atoms with E-state index in [9.17, 15) is 4.79 Å². The smallest absolute Gasteiger partial charge is 0.256 e. The van der Waals surface area contributed by atoms with E-state index >= 15 is 0 Å². The van der Waals surface area contributed by atoms with Crippen LogP contribution in [0.1, 0.15) is 23.1 Å². The van der Waals surface area contributed by atoms with Gasteiger partial charge in [-0.15, -0.1) is 0 Å². The highest BCUT2D eigenvalue weighted by Crippen LogP contribution is 2.30. The summed E-state index contributed by atoms with van der Waals surface area (Å²) in [4.78, 5) is 13.0. The van der Waals surface area contributed by atoms with Gasteiger partial charge in [-0.25, -0.2) is 0 Å². The Morgan fingerprint density at radius 2 is 1.75 bits per heavy atom. The molecule has 2 aromatic carbocycles. The van der Waals surface area contributed by atoms with Gasteiger partial charge in [-0.1, -0.05) is 83.9 Å². The summed E-state index contributed by atoms with van der Waals surface area (Å²) in [7, 11) is 0. The summed E-state index contributed by atoms with van der Waals surface area (Å²) < 4.78 is 0. The topological polar surface area (TPSA) is 20.3 Å². The first-order chi connectivity index (χ1) is 11.6. The zero-order valence-corrected chi connectivity index (χ0v) is 14.8. The second kappa shape index (κ2) is 7.87. The molecule has 0 aliphatic heterocycles. The van der Waals surface area contributed by atoms with Crippen molar-refractivity contribution in [1.29, 1.82) is 0 Å². The van der Waals surface area contributed by atoms with Crippen molar-refractivity contribution in [2.75, 3.05) is 6.54 Å². The van der Waals surface area contributed by atoms with E-state index in [1.807, 2.05) is 30.3 Å². The molecule has 1 amide bonds. The lowest BCUT2D eigenvalue weighted by atomic mass is 10.0. The number of hydrogen-bond acceptors (Lipinski definition) is 1. The van der Waals surface area contributed by atoms with E-state index in [4.69, 9.17) is 23.2 Å². The molecule has 3 rings (SSSR count). The molecule has 0 N–H and O–H groups in total. The minimum absolute atomic E-state index is 0.242. The molecule has 2 nitrogen and oxygen atoms in total. The summed E-state index contributed by atoms with van der Waals surface area (Å²) in [5.41, 5.74) is 5.00. The molecular formula is C20H19Cl2NO. The molecular weight excluding hydrogens is 341 g/mol. The van der Waals surface area contributed by atoms with Crippen LogP contribution in [0.3, 0.4) is 0 Å². The fourth-order valence-electron chi connectivity index (χ4n) is 3.06. The Morgan fingerprint density at radius 1 is 1.04 bits per heavy atom. The van der Waals surface area contributed by atoms with Crippen molar-refractivity contribution < 1.29 is 4.79 Å². The van der Waals surface area contributed by atoms with Crippen LogP contribution < -0.4 is 0 Å². The minimum Gasteiger partial charge on any atom is -0.336 e. The Balaban J connectivity index is 1.70. The normalized spacial score (nSPS) is 12.9. The zero-order chi connectivity index (χ0) is 16.9. The summed E-state index contributed by atoms with van der Waals surface area (Å²) in [5.74, 6) is -0.242. The molecule has 0 aromatic heterocycles. The van der Waals surface area contributed by atoms with Gasteiger partial charge in [0.2, 0.25) is 0 Å². The van der Waals surface area contributed by atoms with Crippen LogP contribution in [0.25, 0.3) is 5.57 Å². The van der Waals surface area contributed by atoms with E-state index in [0.29, 0.717) is 13.1 Å². The van der Waals surface area contributed by atoms with E-state index in [1.165, 1.54) is 16.7 Å². The molecule has 24 heavy (non-hydrogen) atoms. The summed E-state index contributed by atoms with van der Waals surface area (Å²) in [5, 5.41) is 0. The lowest BCUT2D eigenvalue weighted by molar-refractivity contribution is -0.129. The lowest BCUT2D eigenvalue weighted by Gasteiger charge is -2.24. The van der Waals surface area contributed by atoms with E-state index in [0.717, 1.165) is 18.4 Å². The van der Waals surface area contributed by atoms with Gasteiger partial charge in [-0.2, -0.15) is 0 Å². The summed E-state index contributed by atoms with van der Waals surface area (Å²) in [6.07, 6.45) is 4.01. The van der Waals surface area contributed by atoms with E-state index < -0.39 is 4.84 Å². The van der Waals surface area contributed by atoms with Crippen LogP contribution in [0.4, 0.5) is 0 Å². The molecule has 1 aliphatic rings. The number of benzene rings is 2. The summed E-state index contributed by atoms with van der Waals surface area (Å²) in [6.45, 7) is 1.12. The first-order valence-corrected chi connectivity index (χ1v) is 8.90. The molecule has 4 heteroatoms. The van der Waals surface area contributed by atoms with Crippen molar-refractivity contribution in [2.24, 2.45) is 0 Å². The molecule has 124 valence electrons. The van der Waals surface area contributed by atoms with E-state index in [1.54, 1.807) is 4.90 Å². The Morgan fingerprint density at radius 3 is 2.50 bits per heavy atom. The highest BCUT2D eigenvalue weighted by molar-refractivity contribution is 6.53. The van der Waals surface area contributed by atoms with Crippen molar-refractivity contribution in [3.63, 3.8) is 0 Å². The van der Waals surface area contributed by atoms with Gasteiger partial charge in [0.25, 0.3) is 5.91 Å². The van der Waals surface area contributed by atoms with Crippen LogP contribution in [-0.2, 0) is 17.8 Å². The molecule has 0 bridgehead atoms. The van der Waals surface area contributed by atoms with Crippen LogP contribution in [-0.4, -0.2) is 22.2 Å². The van der Waals surface area contributed by atoms with E-state index in [2.05, 4.69) is 30.3 Å². The van der Waals surface area contributed by atoms with Gasteiger partial charge in [0.1, 0.15) is 0 Å². The quantitative estimate of drug-likeness (QED) is 0.675. The Bertz CT molecular complexity index is 740. The fraction of sp³-hybridized carbons (Fsp3) is 0.250. The molecule has 2 aromatic rings. The fourth-order valence-corrected chi connectivity index (χ4v) is 3.33. The van der Waals surface area contributed by atoms with Crippen LogP contribution in [0.5, 0.6) is 0 Å². The van der Waals surface area contributed by atoms with Gasteiger partial charge in [-0.05, 0) is 35.1 Å². The minimum atomic E-state index is -1.03. The molecule has 0 fully saturated rings. The average molecular weight is 360 g/mol. The third-order valence-electron chi connectivity index (χ3n) is 4.30. The van der Waals surface area contributed by atoms with Crippen LogP contribution in [0, 0.1) is 0 Å². The molecule has 0 spiro atoms. The van der Waals surface area contributed by atoms with Crippen molar-refractivity contribution in [3.05, 3.63) is 77.4 Å². The maximum atomic E-state index is 12.3. The van der Waals surface area contributed by atoms with Crippen LogP contribution in [0.2, 0.25) is 0 Å². The number of nitrogens with zero attached hydrogens (tertiary/aromatic N) is 1. The third kappa shape index (κ3) is 4.00. The Kier molecular flexibility index (Phi) is 5.60. The third-order valence-corrected chi connectivity index (χ3v) is 4.67. The molecule has 0 saturated carbocycles. The second-order valence-electron chi connectivity index (χ2n) is 5.89. The monoisotopic (exact) mass is 359 g/mol. The molecule has 0 unspecified atom stereocenters. The highest BCUT2D eigenvalue weighted by atomic mass is 35.5. The van der Waals surface area contributed by atoms with Crippen molar-refractivity contribution in [1.82, 2.24) is 4.90 Å². The van der Waals surface area contributed by atoms with Crippen molar-refractivity contribution >= 4 is 34.7 Å². The number of halogens is 2. The molecule has 0 heterocycles. The Hall–Kier alpha value is -1.77. The van der Waals surface area contributed by atoms with Gasteiger partial charge < -0.3 is 4.90 Å². The summed E-state index contributed by atoms with van der Waals surface area (Å²) >= 11 is 11.7. The molecule has 0 atom stereocenters. The molecule has 1 aliphatic carbocycles. The first-order valence-electron chi connectivity index (χ1n) is 8.03. The van der Waals surface area contributed by atoms with E-state index in [-0.39, 0.29) is 5.91 Å². The SMILES string of the molecule is O=C(C(Cl)Cl)N(CCC1=CCc2ccccc21)Cc1ccccc1. The van der Waals surface area contributed by atoms with Gasteiger partial charge >= 0.3 is 0 Å². The van der Waals surface area contributed by atoms with Crippen molar-refractivity contribution in [2.45, 2.75) is 24.2 Å². The zero-order valence-electron chi connectivity index (χ0n) is 13.3. The van der Waals surface area contributed by atoms with Gasteiger partial charge in [0, 0.05) is 13.1 Å². The number of carbonyl (C=O) groups is 1. The molecule has 0 radical (unpaired) electrons. The maximum absolute atomic E-state index is 12.3. The summed E-state index contributed by atoms with van der Waals surface area (Å²) in [6, 6.07) is 18.3. The van der Waals surface area contributed by atoms with Crippen LogP contribution in [0.15, 0.2) is 60.7 Å². The standard InChI is InChI=1S/C20H19Cl2NO/c21-19(22)20(24)23(14-15-6-2-1-3-7-15)13-12-17-11-10-16-8-4-5-9-18(16)17/h1-9,11,19H,10,12-14H2. The predicted octanol–water partition coefficient (Wildman–Crippen LogP) is 4.85. The largest absolute Gasteiger partial charge is 0.336 e. The number of allylic oxidation sites excluding steroid dienone is 1.